The predicted molar refractivity (Wildman–Crippen MR) is 76.3 cm³/mol. The van der Waals surface area contributed by atoms with E-state index in [9.17, 15) is 0 Å². The van der Waals surface area contributed by atoms with Gasteiger partial charge in [-0.1, -0.05) is 6.42 Å². The molecule has 0 spiro atoms. The third-order valence-electron chi connectivity index (χ3n) is 3.06. The molecule has 6 heteroatoms. The minimum absolute atomic E-state index is 0. The van der Waals surface area contributed by atoms with Gasteiger partial charge in [-0.25, -0.2) is 9.97 Å². The average molecular weight is 291 g/mol. The number of halogens is 2. The van der Waals surface area contributed by atoms with E-state index in [4.69, 9.17) is 11.6 Å². The molecule has 1 unspecified atom stereocenters. The molecule has 0 saturated carbocycles. The second kappa shape index (κ2) is 7.89. The molecule has 0 bridgehead atoms. The molecule has 0 aliphatic carbocycles. The Balaban J connectivity index is 0.00000162. The van der Waals surface area contributed by atoms with Crippen molar-refractivity contribution >= 4 is 24.0 Å². The molecule has 2 rings (SSSR count). The third-order valence-corrected chi connectivity index (χ3v) is 3.24. The van der Waals surface area contributed by atoms with Gasteiger partial charge >= 0.3 is 0 Å². The topological polar surface area (TPSA) is 41.1 Å². The number of likely N-dealkylation sites (N-methyl/N-ethyl adjacent to an activating group) is 1. The van der Waals surface area contributed by atoms with Crippen LogP contribution in [0.5, 0.6) is 0 Å². The van der Waals surface area contributed by atoms with Crippen LogP contribution >= 0.6 is 24.0 Å². The minimum atomic E-state index is 0. The SMILES string of the molecule is CN(Cc1ccnc(Cl)n1)CC1CCCCN1.Cl. The van der Waals surface area contributed by atoms with Crippen molar-refractivity contribution in [1.29, 1.82) is 0 Å². The van der Waals surface area contributed by atoms with Crippen molar-refractivity contribution < 1.29 is 0 Å². The number of hydrogen-bond acceptors (Lipinski definition) is 4. The molecule has 1 aromatic heterocycles. The van der Waals surface area contributed by atoms with E-state index in [2.05, 4.69) is 27.2 Å². The molecule has 0 aromatic carbocycles. The molecule has 0 radical (unpaired) electrons. The van der Waals surface area contributed by atoms with Gasteiger partial charge in [-0.15, -0.1) is 12.4 Å². The zero-order valence-electron chi connectivity index (χ0n) is 10.6. The van der Waals surface area contributed by atoms with Gasteiger partial charge in [0.05, 0.1) is 5.69 Å². The number of aromatic nitrogens is 2. The molecule has 1 aromatic rings. The van der Waals surface area contributed by atoms with E-state index in [1.54, 1.807) is 6.20 Å². The molecule has 0 amide bonds. The van der Waals surface area contributed by atoms with Gasteiger partial charge in [0, 0.05) is 25.3 Å². The van der Waals surface area contributed by atoms with Crippen LogP contribution in [0.2, 0.25) is 5.28 Å². The molecule has 4 nitrogen and oxygen atoms in total. The van der Waals surface area contributed by atoms with Crippen molar-refractivity contribution in [2.45, 2.75) is 31.8 Å². The Morgan fingerprint density at radius 1 is 1.50 bits per heavy atom. The van der Waals surface area contributed by atoms with Gasteiger partial charge in [0.15, 0.2) is 0 Å². The average Bonchev–Trinajstić information content (AvgIpc) is 2.30. The van der Waals surface area contributed by atoms with Gasteiger partial charge in [-0.05, 0) is 44.1 Å². The Labute approximate surface area is 120 Å². The Morgan fingerprint density at radius 3 is 3.00 bits per heavy atom. The summed E-state index contributed by atoms with van der Waals surface area (Å²) in [7, 11) is 2.12. The molecule has 1 saturated heterocycles. The van der Waals surface area contributed by atoms with Crippen molar-refractivity contribution in [3.05, 3.63) is 23.2 Å². The van der Waals surface area contributed by atoms with Crippen LogP contribution in [0.3, 0.4) is 0 Å². The largest absolute Gasteiger partial charge is 0.313 e. The summed E-state index contributed by atoms with van der Waals surface area (Å²) in [5.41, 5.74) is 0.975. The van der Waals surface area contributed by atoms with E-state index in [0.717, 1.165) is 25.3 Å². The summed E-state index contributed by atoms with van der Waals surface area (Å²) in [6.07, 6.45) is 5.62. The van der Waals surface area contributed by atoms with Gasteiger partial charge < -0.3 is 5.32 Å². The molecular weight excluding hydrogens is 271 g/mol. The van der Waals surface area contributed by atoms with Crippen molar-refractivity contribution in [2.24, 2.45) is 0 Å². The molecule has 102 valence electrons. The summed E-state index contributed by atoms with van der Waals surface area (Å²) in [5, 5.41) is 3.87. The summed E-state index contributed by atoms with van der Waals surface area (Å²) in [6.45, 7) is 3.03. The lowest BCUT2D eigenvalue weighted by atomic mass is 10.0. The lowest BCUT2D eigenvalue weighted by Crippen LogP contribution is -2.42. The van der Waals surface area contributed by atoms with E-state index in [-0.39, 0.29) is 12.4 Å². The number of hydrogen-bond donors (Lipinski definition) is 1. The predicted octanol–water partition coefficient (Wildman–Crippen LogP) is 2.13. The third kappa shape index (κ3) is 5.06. The monoisotopic (exact) mass is 290 g/mol. The smallest absolute Gasteiger partial charge is 0.222 e. The second-order valence-corrected chi connectivity index (χ2v) is 5.00. The molecular formula is C12H20Cl2N4. The Hall–Kier alpha value is -0.420. The number of nitrogens with one attached hydrogen (secondary N) is 1. The summed E-state index contributed by atoms with van der Waals surface area (Å²) < 4.78 is 0. The lowest BCUT2D eigenvalue weighted by Gasteiger charge is -2.27. The van der Waals surface area contributed by atoms with Gasteiger partial charge in [0.25, 0.3) is 0 Å². The first-order chi connectivity index (χ1) is 8.24. The van der Waals surface area contributed by atoms with E-state index in [1.165, 1.54) is 19.3 Å². The van der Waals surface area contributed by atoms with E-state index < -0.39 is 0 Å². The van der Waals surface area contributed by atoms with E-state index in [1.807, 2.05) is 6.07 Å². The van der Waals surface area contributed by atoms with Crippen molar-refractivity contribution in [2.75, 3.05) is 20.1 Å². The van der Waals surface area contributed by atoms with Crippen LogP contribution in [0.1, 0.15) is 25.0 Å². The first kappa shape index (κ1) is 15.6. The Bertz CT molecular complexity index is 356. The fraction of sp³-hybridized carbons (Fsp3) is 0.667. The molecule has 1 aliphatic rings. The van der Waals surface area contributed by atoms with Gasteiger partial charge in [0.2, 0.25) is 5.28 Å². The maximum atomic E-state index is 5.77. The number of rotatable bonds is 4. The van der Waals surface area contributed by atoms with Crippen molar-refractivity contribution in [1.82, 2.24) is 20.2 Å². The molecule has 1 aliphatic heterocycles. The van der Waals surface area contributed by atoms with Crippen LogP contribution in [0, 0.1) is 0 Å². The highest BCUT2D eigenvalue weighted by molar-refractivity contribution is 6.28. The normalized spacial score (nSPS) is 19.6. The number of piperidine rings is 1. The van der Waals surface area contributed by atoms with Crippen molar-refractivity contribution in [3.63, 3.8) is 0 Å². The summed E-state index contributed by atoms with van der Waals surface area (Å²) in [6, 6.07) is 2.53. The quantitative estimate of drug-likeness (QED) is 0.863. The second-order valence-electron chi connectivity index (χ2n) is 4.66. The fourth-order valence-corrected chi connectivity index (χ4v) is 2.42. The van der Waals surface area contributed by atoms with Crippen LogP contribution in [0.25, 0.3) is 0 Å². The molecule has 2 heterocycles. The van der Waals surface area contributed by atoms with Gasteiger partial charge in [-0.2, -0.15) is 0 Å². The Kier molecular flexibility index (Phi) is 6.86. The highest BCUT2D eigenvalue weighted by atomic mass is 35.5. The standard InChI is InChI=1S/C12H19ClN4.ClH/c1-17(8-10-4-2-3-6-14-10)9-11-5-7-15-12(13)16-11;/h5,7,10,14H,2-4,6,8-9H2,1H3;1H. The van der Waals surface area contributed by atoms with Crippen LogP contribution < -0.4 is 5.32 Å². The summed E-state index contributed by atoms with van der Waals surface area (Å²) >= 11 is 5.77. The van der Waals surface area contributed by atoms with Crippen LogP contribution in [0.15, 0.2) is 12.3 Å². The highest BCUT2D eigenvalue weighted by Crippen LogP contribution is 2.09. The van der Waals surface area contributed by atoms with Crippen LogP contribution in [-0.4, -0.2) is 41.0 Å². The summed E-state index contributed by atoms with van der Waals surface area (Å²) in [4.78, 5) is 10.4. The van der Waals surface area contributed by atoms with Gasteiger partial charge in [-0.3, -0.25) is 4.90 Å². The molecule has 18 heavy (non-hydrogen) atoms. The molecule has 1 atom stereocenters. The highest BCUT2D eigenvalue weighted by Gasteiger charge is 2.14. The molecule has 1 fully saturated rings. The lowest BCUT2D eigenvalue weighted by molar-refractivity contribution is 0.254. The zero-order chi connectivity index (χ0) is 12.1. The minimum Gasteiger partial charge on any atom is -0.313 e. The fourth-order valence-electron chi connectivity index (χ4n) is 2.25. The van der Waals surface area contributed by atoms with E-state index >= 15 is 0 Å². The van der Waals surface area contributed by atoms with Crippen LogP contribution in [-0.2, 0) is 6.54 Å². The van der Waals surface area contributed by atoms with Crippen LogP contribution in [0.4, 0.5) is 0 Å². The number of nitrogens with zero attached hydrogens (tertiary/aromatic N) is 3. The van der Waals surface area contributed by atoms with E-state index in [0.29, 0.717) is 11.3 Å². The maximum absolute atomic E-state index is 5.77. The summed E-state index contributed by atoms with van der Waals surface area (Å²) in [5.74, 6) is 0. The van der Waals surface area contributed by atoms with Crippen molar-refractivity contribution in [3.8, 4) is 0 Å². The first-order valence-electron chi connectivity index (χ1n) is 6.13. The zero-order valence-corrected chi connectivity index (χ0v) is 12.2. The first-order valence-corrected chi connectivity index (χ1v) is 6.51. The maximum Gasteiger partial charge on any atom is 0.222 e. The Morgan fingerprint density at radius 2 is 2.33 bits per heavy atom. The van der Waals surface area contributed by atoms with Gasteiger partial charge in [0.1, 0.15) is 0 Å². The molecule has 1 N–H and O–H groups in total.